The van der Waals surface area contributed by atoms with Crippen LogP contribution in [0.25, 0.3) is 27.6 Å². The predicted octanol–water partition coefficient (Wildman–Crippen LogP) is 12.4. The molecule has 0 fully saturated rings. The molecule has 55 heavy (non-hydrogen) atoms. The Labute approximate surface area is 343 Å². The van der Waals surface area contributed by atoms with Gasteiger partial charge in [-0.3, -0.25) is 0 Å². The van der Waals surface area contributed by atoms with E-state index in [0.29, 0.717) is 17.2 Å². The molecule has 0 spiro atoms. The monoisotopic (exact) mass is 904 g/mol. The molecule has 5 aromatic carbocycles. The van der Waals surface area contributed by atoms with E-state index in [0.717, 1.165) is 38.9 Å². The second-order valence-electron chi connectivity index (χ2n) is 16.7. The number of hydrogen-bond donors (Lipinski definition) is 0. The molecule has 5 nitrogen and oxygen atoms in total. The SMILES string of the molecule is [2H]C1=C([2H])N(c2cc(C(C)(C)C)cc(C(C)(C)C)c2)[CH-]N1c1[c-]c(Oc2[c-]c3c(cc2)c2ccccc2n3-c2cc(C(C)(C)c3ccccc3)ccn2)ccc1.[Pt]. The second kappa shape index (κ2) is 14.5. The topological polar surface area (TPSA) is 33.5 Å². The van der Waals surface area contributed by atoms with Gasteiger partial charge >= 0.3 is 0 Å². The maximum Gasteiger partial charge on any atom is 0.135 e. The van der Waals surface area contributed by atoms with Crippen LogP contribution in [0.15, 0.2) is 134 Å². The first kappa shape index (κ1) is 35.6. The Hall–Kier alpha value is -5.12. The third-order valence-electron chi connectivity index (χ3n) is 10.4. The molecule has 282 valence electrons. The Kier molecular flexibility index (Phi) is 9.38. The molecule has 1 aliphatic heterocycles. The molecule has 6 heteroatoms. The molecular formula is C49H47N4OPt-3. The zero-order valence-corrected chi connectivity index (χ0v) is 34.9. The van der Waals surface area contributed by atoms with Crippen LogP contribution < -0.4 is 14.5 Å². The van der Waals surface area contributed by atoms with Crippen LogP contribution in [0.5, 0.6) is 11.5 Å². The van der Waals surface area contributed by atoms with E-state index in [2.05, 4.69) is 151 Å². The van der Waals surface area contributed by atoms with Gasteiger partial charge in [0, 0.05) is 55.4 Å². The zero-order valence-electron chi connectivity index (χ0n) is 34.6. The fourth-order valence-electron chi connectivity index (χ4n) is 7.03. The van der Waals surface area contributed by atoms with Crippen LogP contribution in [0.4, 0.5) is 11.4 Å². The summed E-state index contributed by atoms with van der Waals surface area (Å²) in [6, 6.07) is 46.2. The maximum atomic E-state index is 8.99. The molecule has 0 amide bonds. The van der Waals surface area contributed by atoms with Crippen LogP contribution in [-0.2, 0) is 37.3 Å². The minimum Gasteiger partial charge on any atom is -0.509 e. The molecule has 1 aliphatic rings. The third-order valence-corrected chi connectivity index (χ3v) is 10.4. The van der Waals surface area contributed by atoms with Crippen molar-refractivity contribution in [3.8, 4) is 17.3 Å². The number of rotatable bonds is 7. The van der Waals surface area contributed by atoms with Gasteiger partial charge in [0.15, 0.2) is 0 Å². The molecule has 8 rings (SSSR count). The number of anilines is 2. The molecule has 0 unspecified atom stereocenters. The Morgan fingerprint density at radius 3 is 2.02 bits per heavy atom. The number of pyridine rings is 1. The Morgan fingerprint density at radius 1 is 0.618 bits per heavy atom. The van der Waals surface area contributed by atoms with Gasteiger partial charge in [0.2, 0.25) is 0 Å². The first-order chi connectivity index (χ1) is 26.6. The van der Waals surface area contributed by atoms with Crippen molar-refractivity contribution in [3.05, 3.63) is 175 Å². The van der Waals surface area contributed by atoms with Crippen molar-refractivity contribution < 1.29 is 28.5 Å². The molecule has 0 atom stereocenters. The summed E-state index contributed by atoms with van der Waals surface area (Å²) in [6.07, 6.45) is 2.03. The summed E-state index contributed by atoms with van der Waals surface area (Å²) >= 11 is 0. The minimum atomic E-state index is -0.235. The molecule has 0 saturated carbocycles. The van der Waals surface area contributed by atoms with Gasteiger partial charge in [-0.15, -0.1) is 48.1 Å². The van der Waals surface area contributed by atoms with Gasteiger partial charge in [0.25, 0.3) is 0 Å². The van der Waals surface area contributed by atoms with E-state index in [4.69, 9.17) is 12.5 Å². The van der Waals surface area contributed by atoms with Gasteiger partial charge in [-0.25, -0.2) is 4.98 Å². The smallest absolute Gasteiger partial charge is 0.135 e. The van der Waals surface area contributed by atoms with E-state index in [1.165, 1.54) is 16.7 Å². The average molecular weight is 905 g/mol. The number of nitrogens with zero attached hydrogens (tertiary/aromatic N) is 4. The predicted molar refractivity (Wildman–Crippen MR) is 224 cm³/mol. The average Bonchev–Trinajstić information content (AvgIpc) is 3.67. The number of para-hydroxylation sites is 1. The summed E-state index contributed by atoms with van der Waals surface area (Å²) < 4.78 is 26.6. The van der Waals surface area contributed by atoms with Crippen LogP contribution >= 0.6 is 0 Å². The van der Waals surface area contributed by atoms with E-state index in [1.54, 1.807) is 16.5 Å². The molecule has 7 aromatic rings. The fraction of sp³-hybridized carbons (Fsp3) is 0.224. The fourth-order valence-corrected chi connectivity index (χ4v) is 7.03. The minimum absolute atomic E-state index is 0. The van der Waals surface area contributed by atoms with E-state index in [-0.39, 0.29) is 49.7 Å². The van der Waals surface area contributed by atoms with Gasteiger partial charge in [-0.2, -0.15) is 12.1 Å². The zero-order chi connectivity index (χ0) is 39.6. The number of ether oxygens (including phenoxy) is 1. The Bertz CT molecular complexity index is 2600. The van der Waals surface area contributed by atoms with Gasteiger partial charge < -0.3 is 19.1 Å². The summed E-state index contributed by atoms with van der Waals surface area (Å²) in [6.45, 7) is 19.5. The second-order valence-corrected chi connectivity index (χ2v) is 16.7. The van der Waals surface area contributed by atoms with E-state index < -0.39 is 0 Å². The summed E-state index contributed by atoms with van der Waals surface area (Å²) in [5.74, 6) is 1.80. The molecular weight excluding hydrogens is 856 g/mol. The molecule has 0 aliphatic carbocycles. The molecule has 0 saturated heterocycles. The van der Waals surface area contributed by atoms with E-state index >= 15 is 0 Å². The quantitative estimate of drug-likeness (QED) is 0.149. The first-order valence-electron chi connectivity index (χ1n) is 19.5. The van der Waals surface area contributed by atoms with Crippen LogP contribution in [-0.4, -0.2) is 9.55 Å². The van der Waals surface area contributed by atoms with Crippen LogP contribution in [0.2, 0.25) is 0 Å². The Balaban J connectivity index is 0.00000496. The molecule has 2 aromatic heterocycles. The molecule has 0 bridgehead atoms. The van der Waals surface area contributed by atoms with Crippen LogP contribution in [0.1, 0.15) is 80.4 Å². The number of benzene rings is 5. The summed E-state index contributed by atoms with van der Waals surface area (Å²) in [5.41, 5.74) is 7.69. The van der Waals surface area contributed by atoms with Crippen LogP contribution in [0, 0.1) is 18.8 Å². The van der Waals surface area contributed by atoms with E-state index in [9.17, 15) is 0 Å². The number of fused-ring (bicyclic) bond motifs is 3. The van der Waals surface area contributed by atoms with Crippen molar-refractivity contribution in [2.75, 3.05) is 9.80 Å². The van der Waals surface area contributed by atoms with Gasteiger partial charge in [-0.1, -0.05) is 116 Å². The normalized spacial score (nSPS) is 14.3. The third kappa shape index (κ3) is 7.47. The summed E-state index contributed by atoms with van der Waals surface area (Å²) in [7, 11) is 0. The Morgan fingerprint density at radius 2 is 1.29 bits per heavy atom. The molecule has 0 radical (unpaired) electrons. The van der Waals surface area contributed by atoms with Crippen molar-refractivity contribution in [3.63, 3.8) is 0 Å². The van der Waals surface area contributed by atoms with Gasteiger partial charge in [0.05, 0.1) is 2.74 Å². The van der Waals surface area contributed by atoms with Gasteiger partial charge in [-0.05, 0) is 81.2 Å². The number of hydrogen-bond acceptors (Lipinski definition) is 4. The van der Waals surface area contributed by atoms with Crippen LogP contribution in [0.3, 0.4) is 0 Å². The van der Waals surface area contributed by atoms with Gasteiger partial charge in [0.1, 0.15) is 5.82 Å². The van der Waals surface area contributed by atoms with Crippen molar-refractivity contribution in [2.45, 2.75) is 71.6 Å². The van der Waals surface area contributed by atoms with Crippen molar-refractivity contribution >= 4 is 33.2 Å². The maximum absolute atomic E-state index is 8.99. The summed E-state index contributed by atoms with van der Waals surface area (Å²) in [4.78, 5) is 8.33. The summed E-state index contributed by atoms with van der Waals surface area (Å²) in [5, 5.41) is 2.15. The van der Waals surface area contributed by atoms with Crippen molar-refractivity contribution in [1.29, 1.82) is 0 Å². The van der Waals surface area contributed by atoms with E-state index in [1.807, 2.05) is 42.6 Å². The number of aromatic nitrogens is 2. The molecule has 0 N–H and O–H groups in total. The molecule has 3 heterocycles. The van der Waals surface area contributed by atoms with Crippen molar-refractivity contribution in [2.24, 2.45) is 0 Å². The standard InChI is InChI=1S/C49H47N4O.Pt/c1-47(2,3)36-27-37(48(4,5)6)29-39(28-36)52-26-25-51(33-52)38-17-14-18-40(31-38)54-41-21-22-43-42-19-12-13-20-44(42)53(45(43)32-41)46-30-35(23-24-50-46)49(7,8)34-15-10-9-11-16-34;/h9-30,33H,1-8H3;/q-3;/i25D,26D;. The first-order valence-corrected chi connectivity index (χ1v) is 18.5. The largest absolute Gasteiger partial charge is 0.509 e. The van der Waals surface area contributed by atoms with Crippen molar-refractivity contribution in [1.82, 2.24) is 9.55 Å².